The van der Waals surface area contributed by atoms with Gasteiger partial charge in [-0.3, -0.25) is 0 Å². The number of hydrogen-bond acceptors (Lipinski definition) is 7. The van der Waals surface area contributed by atoms with Gasteiger partial charge in [-0.2, -0.15) is 4.98 Å². The minimum atomic E-state index is -0.481. The first kappa shape index (κ1) is 17.4. The van der Waals surface area contributed by atoms with E-state index in [4.69, 9.17) is 4.74 Å². The van der Waals surface area contributed by atoms with Crippen LogP contribution < -0.4 is 15.4 Å². The van der Waals surface area contributed by atoms with Crippen molar-refractivity contribution in [3.05, 3.63) is 36.5 Å². The van der Waals surface area contributed by atoms with Crippen molar-refractivity contribution in [1.82, 2.24) is 14.9 Å². The van der Waals surface area contributed by atoms with E-state index in [1.807, 2.05) is 31.3 Å². The van der Waals surface area contributed by atoms with Gasteiger partial charge in [0.1, 0.15) is 24.3 Å². The van der Waals surface area contributed by atoms with E-state index in [0.29, 0.717) is 18.2 Å². The maximum absolute atomic E-state index is 10.1. The third-order valence-electron chi connectivity index (χ3n) is 4.11. The number of likely N-dealkylation sites (tertiary alicyclic amines) is 1. The number of rotatable bonds is 8. The van der Waals surface area contributed by atoms with Crippen LogP contribution in [0.5, 0.6) is 5.75 Å². The molecule has 1 saturated heterocycles. The first-order valence-corrected chi connectivity index (χ1v) is 8.64. The number of anilines is 3. The number of aliphatic hydroxyl groups excluding tert-OH is 1. The van der Waals surface area contributed by atoms with Gasteiger partial charge in [0, 0.05) is 31.5 Å². The van der Waals surface area contributed by atoms with Crippen LogP contribution >= 0.6 is 0 Å². The van der Waals surface area contributed by atoms with Crippen molar-refractivity contribution in [1.29, 1.82) is 0 Å². The van der Waals surface area contributed by atoms with Crippen LogP contribution in [-0.4, -0.2) is 59.4 Å². The zero-order valence-electron chi connectivity index (χ0n) is 14.5. The Hall–Kier alpha value is -2.38. The number of aromatic nitrogens is 2. The van der Waals surface area contributed by atoms with Crippen LogP contribution in [-0.2, 0) is 0 Å². The molecule has 2 aromatic rings. The molecule has 1 fully saturated rings. The van der Waals surface area contributed by atoms with Gasteiger partial charge in [0.2, 0.25) is 5.95 Å². The highest BCUT2D eigenvalue weighted by atomic mass is 16.5. The lowest BCUT2D eigenvalue weighted by atomic mass is 10.3. The summed E-state index contributed by atoms with van der Waals surface area (Å²) in [5, 5.41) is 16.3. The van der Waals surface area contributed by atoms with Crippen molar-refractivity contribution in [2.75, 3.05) is 43.9 Å². The van der Waals surface area contributed by atoms with Crippen molar-refractivity contribution in [2.24, 2.45) is 0 Å². The predicted molar refractivity (Wildman–Crippen MR) is 98.5 cm³/mol. The molecule has 0 unspecified atom stereocenters. The molecular formula is C18H25N5O2. The van der Waals surface area contributed by atoms with Crippen molar-refractivity contribution in [3.63, 3.8) is 0 Å². The monoisotopic (exact) mass is 343 g/mol. The summed E-state index contributed by atoms with van der Waals surface area (Å²) in [6, 6.07) is 9.36. The standard InChI is InChI=1S/C18H25N5O2/c1-19-17-7-8-20-18(22-17)21-14-5-4-6-16(11-14)25-13-15(24)12-23-9-2-3-10-23/h4-8,11,15,24H,2-3,9-10,12-13H2,1H3,(H2,19,20,21,22)/t15-/m1/s1. The molecule has 3 rings (SSSR count). The molecule has 0 radical (unpaired) electrons. The summed E-state index contributed by atoms with van der Waals surface area (Å²) in [5.41, 5.74) is 0.833. The summed E-state index contributed by atoms with van der Waals surface area (Å²) in [7, 11) is 1.81. The van der Waals surface area contributed by atoms with Gasteiger partial charge in [0.25, 0.3) is 0 Å². The molecular weight excluding hydrogens is 318 g/mol. The number of benzene rings is 1. The Kier molecular flexibility index (Phi) is 6.03. The molecule has 25 heavy (non-hydrogen) atoms. The average Bonchev–Trinajstić information content (AvgIpc) is 3.13. The van der Waals surface area contributed by atoms with Crippen molar-refractivity contribution in [3.8, 4) is 5.75 Å². The Morgan fingerprint density at radius 1 is 1.28 bits per heavy atom. The van der Waals surface area contributed by atoms with Crippen LogP contribution in [0.1, 0.15) is 12.8 Å². The fourth-order valence-electron chi connectivity index (χ4n) is 2.86. The lowest BCUT2D eigenvalue weighted by molar-refractivity contribution is 0.0758. The summed E-state index contributed by atoms with van der Waals surface area (Å²) >= 11 is 0. The molecule has 1 aromatic carbocycles. The van der Waals surface area contributed by atoms with E-state index >= 15 is 0 Å². The highest BCUT2D eigenvalue weighted by Crippen LogP contribution is 2.20. The van der Waals surface area contributed by atoms with E-state index < -0.39 is 6.10 Å². The number of hydrogen-bond donors (Lipinski definition) is 3. The van der Waals surface area contributed by atoms with Crippen molar-refractivity contribution in [2.45, 2.75) is 18.9 Å². The quantitative estimate of drug-likeness (QED) is 0.677. The predicted octanol–water partition coefficient (Wildman–Crippen LogP) is 2.10. The second kappa shape index (κ2) is 8.64. The zero-order valence-corrected chi connectivity index (χ0v) is 14.5. The fourth-order valence-corrected chi connectivity index (χ4v) is 2.86. The Morgan fingerprint density at radius 2 is 2.12 bits per heavy atom. The average molecular weight is 343 g/mol. The second-order valence-corrected chi connectivity index (χ2v) is 6.14. The molecule has 2 heterocycles. The maximum atomic E-state index is 10.1. The summed E-state index contributed by atoms with van der Waals surface area (Å²) in [5.74, 6) is 1.96. The minimum absolute atomic E-state index is 0.283. The lowest BCUT2D eigenvalue weighted by Crippen LogP contribution is -2.33. The van der Waals surface area contributed by atoms with Crippen molar-refractivity contribution >= 4 is 17.5 Å². The maximum Gasteiger partial charge on any atom is 0.229 e. The largest absolute Gasteiger partial charge is 0.491 e. The van der Waals surface area contributed by atoms with Crippen LogP contribution in [0.2, 0.25) is 0 Å². The summed E-state index contributed by atoms with van der Waals surface area (Å²) < 4.78 is 5.73. The van der Waals surface area contributed by atoms with Gasteiger partial charge < -0.3 is 25.4 Å². The summed E-state index contributed by atoms with van der Waals surface area (Å²) in [6.45, 7) is 3.10. The SMILES string of the molecule is CNc1ccnc(Nc2cccc(OC[C@H](O)CN3CCCC3)c2)n1. The van der Waals surface area contributed by atoms with E-state index in [1.165, 1.54) is 12.8 Å². The van der Waals surface area contributed by atoms with Crippen molar-refractivity contribution < 1.29 is 9.84 Å². The Morgan fingerprint density at radius 3 is 2.92 bits per heavy atom. The number of nitrogens with zero attached hydrogens (tertiary/aromatic N) is 3. The van der Waals surface area contributed by atoms with E-state index in [0.717, 1.165) is 24.6 Å². The van der Waals surface area contributed by atoms with Gasteiger partial charge in [-0.1, -0.05) is 6.07 Å². The smallest absolute Gasteiger partial charge is 0.229 e. The molecule has 1 aliphatic heterocycles. The second-order valence-electron chi connectivity index (χ2n) is 6.14. The molecule has 7 nitrogen and oxygen atoms in total. The van der Waals surface area contributed by atoms with Crippen LogP contribution in [0, 0.1) is 0 Å². The van der Waals surface area contributed by atoms with E-state index in [2.05, 4.69) is 25.5 Å². The minimum Gasteiger partial charge on any atom is -0.491 e. The van der Waals surface area contributed by atoms with E-state index in [9.17, 15) is 5.11 Å². The van der Waals surface area contributed by atoms with Gasteiger partial charge in [-0.05, 0) is 44.1 Å². The Labute approximate surface area is 148 Å². The van der Waals surface area contributed by atoms with Gasteiger partial charge in [-0.15, -0.1) is 0 Å². The molecule has 1 atom stereocenters. The number of nitrogens with one attached hydrogen (secondary N) is 2. The van der Waals surface area contributed by atoms with Gasteiger partial charge in [0.15, 0.2) is 0 Å². The molecule has 134 valence electrons. The topological polar surface area (TPSA) is 82.5 Å². The van der Waals surface area contributed by atoms with Crippen LogP contribution in [0.3, 0.4) is 0 Å². The Bertz CT molecular complexity index is 676. The third kappa shape index (κ3) is 5.30. The lowest BCUT2D eigenvalue weighted by Gasteiger charge is -2.19. The van der Waals surface area contributed by atoms with Gasteiger partial charge >= 0.3 is 0 Å². The first-order valence-electron chi connectivity index (χ1n) is 8.64. The van der Waals surface area contributed by atoms with Crippen LogP contribution in [0.15, 0.2) is 36.5 Å². The molecule has 0 aliphatic carbocycles. The summed E-state index contributed by atoms with van der Waals surface area (Å²) in [4.78, 5) is 10.8. The third-order valence-corrected chi connectivity index (χ3v) is 4.11. The van der Waals surface area contributed by atoms with Crippen LogP contribution in [0.4, 0.5) is 17.5 Å². The first-order chi connectivity index (χ1) is 12.2. The highest BCUT2D eigenvalue weighted by molar-refractivity contribution is 5.56. The van der Waals surface area contributed by atoms with Crippen LogP contribution in [0.25, 0.3) is 0 Å². The molecule has 1 aliphatic rings. The molecule has 3 N–H and O–H groups in total. The van der Waals surface area contributed by atoms with Gasteiger partial charge in [0.05, 0.1) is 0 Å². The Balaban J connectivity index is 1.53. The van der Waals surface area contributed by atoms with E-state index in [1.54, 1.807) is 12.3 Å². The molecule has 7 heteroatoms. The molecule has 0 spiro atoms. The molecule has 0 saturated carbocycles. The fraction of sp³-hybridized carbons (Fsp3) is 0.444. The number of β-amino-alcohol motifs (C(OH)–C–C–N with tert-alkyl or cyclic N) is 1. The number of aliphatic hydroxyl groups is 1. The molecule has 0 bridgehead atoms. The van der Waals surface area contributed by atoms with Gasteiger partial charge in [-0.25, -0.2) is 4.98 Å². The van der Waals surface area contributed by atoms with E-state index in [-0.39, 0.29) is 6.61 Å². The summed E-state index contributed by atoms with van der Waals surface area (Å²) in [6.07, 6.45) is 3.65. The molecule has 0 amide bonds. The molecule has 1 aromatic heterocycles. The zero-order chi connectivity index (χ0) is 17.5. The normalized spacial score (nSPS) is 15.8. The number of ether oxygens (including phenoxy) is 1. The highest BCUT2D eigenvalue weighted by Gasteiger charge is 2.16.